The minimum atomic E-state index is -4.36. The lowest BCUT2D eigenvalue weighted by Gasteiger charge is -2.09. The molecule has 1 aromatic heterocycles. The fourth-order valence-electron chi connectivity index (χ4n) is 2.95. The first kappa shape index (κ1) is 16.1. The Kier molecular flexibility index (Phi) is 3.74. The Balaban J connectivity index is 1.42. The highest BCUT2D eigenvalue weighted by Crippen LogP contribution is 2.42. The first-order valence-corrected chi connectivity index (χ1v) is 8.23. The fraction of sp³-hybridized carbons (Fsp3) is 0.389. The van der Waals surface area contributed by atoms with Crippen LogP contribution in [0.1, 0.15) is 58.5 Å². The van der Waals surface area contributed by atoms with Crippen molar-refractivity contribution in [3.63, 3.8) is 0 Å². The molecule has 0 bridgehead atoms. The quantitative estimate of drug-likeness (QED) is 0.918. The zero-order chi connectivity index (χ0) is 17.6. The molecule has 4 nitrogen and oxygen atoms in total. The van der Waals surface area contributed by atoms with Crippen molar-refractivity contribution < 1.29 is 18.0 Å². The van der Waals surface area contributed by atoms with Crippen LogP contribution in [0.3, 0.4) is 0 Å². The van der Waals surface area contributed by atoms with Gasteiger partial charge in [-0.15, -0.1) is 0 Å². The van der Waals surface area contributed by atoms with Gasteiger partial charge in [0.15, 0.2) is 0 Å². The SMILES string of the molecule is O=C(N[C@H]1C[C@H]1c1cccc(C(F)(F)F)c1)c1ccnc(C2CC2)n1. The Morgan fingerprint density at radius 1 is 1.20 bits per heavy atom. The standard InChI is InChI=1S/C18H16F3N3O/c19-18(20,21)12-3-1-2-11(8-12)13-9-15(13)24-17(25)14-6-7-22-16(23-14)10-4-5-10/h1-3,6-8,10,13,15H,4-5,9H2,(H,24,25)/t13-,15-/m0/s1. The summed E-state index contributed by atoms with van der Waals surface area (Å²) in [6.07, 6.45) is -0.0547. The molecule has 1 heterocycles. The molecule has 2 saturated carbocycles. The molecule has 130 valence electrons. The van der Waals surface area contributed by atoms with E-state index in [4.69, 9.17) is 0 Å². The summed E-state index contributed by atoms with van der Waals surface area (Å²) in [7, 11) is 0. The molecule has 4 rings (SSSR count). The molecule has 0 unspecified atom stereocenters. The van der Waals surface area contributed by atoms with Crippen LogP contribution in [-0.2, 0) is 6.18 Å². The van der Waals surface area contributed by atoms with Crippen LogP contribution in [-0.4, -0.2) is 21.9 Å². The summed E-state index contributed by atoms with van der Waals surface area (Å²) in [5.41, 5.74) is 0.250. The van der Waals surface area contributed by atoms with Gasteiger partial charge in [-0.2, -0.15) is 13.2 Å². The van der Waals surface area contributed by atoms with Crippen LogP contribution in [0.15, 0.2) is 36.5 Å². The van der Waals surface area contributed by atoms with Crippen LogP contribution in [0, 0.1) is 0 Å². The summed E-state index contributed by atoms with van der Waals surface area (Å²) in [4.78, 5) is 20.8. The molecule has 0 saturated heterocycles. The van der Waals surface area contributed by atoms with Crippen LogP contribution in [0.25, 0.3) is 0 Å². The maximum Gasteiger partial charge on any atom is 0.416 e. The zero-order valence-electron chi connectivity index (χ0n) is 13.3. The highest BCUT2D eigenvalue weighted by atomic mass is 19.4. The van der Waals surface area contributed by atoms with Gasteiger partial charge in [0, 0.05) is 24.1 Å². The Morgan fingerprint density at radius 3 is 2.72 bits per heavy atom. The summed E-state index contributed by atoms with van der Waals surface area (Å²) in [5.74, 6) is 0.657. The molecule has 2 atom stereocenters. The van der Waals surface area contributed by atoms with Gasteiger partial charge in [-0.25, -0.2) is 9.97 Å². The number of hydrogen-bond donors (Lipinski definition) is 1. The molecule has 1 amide bonds. The van der Waals surface area contributed by atoms with E-state index in [-0.39, 0.29) is 17.9 Å². The number of carbonyl (C=O) groups excluding carboxylic acids is 1. The van der Waals surface area contributed by atoms with E-state index < -0.39 is 11.7 Å². The van der Waals surface area contributed by atoms with Crippen LogP contribution in [0.4, 0.5) is 13.2 Å². The van der Waals surface area contributed by atoms with Crippen molar-refractivity contribution >= 4 is 5.91 Å². The third-order valence-electron chi connectivity index (χ3n) is 4.60. The van der Waals surface area contributed by atoms with Crippen LogP contribution in [0.5, 0.6) is 0 Å². The van der Waals surface area contributed by atoms with Crippen molar-refractivity contribution in [2.24, 2.45) is 0 Å². The number of rotatable bonds is 4. The second-order valence-electron chi connectivity index (χ2n) is 6.62. The van der Waals surface area contributed by atoms with Gasteiger partial charge in [0.05, 0.1) is 5.56 Å². The Hall–Kier alpha value is -2.44. The third-order valence-corrected chi connectivity index (χ3v) is 4.60. The van der Waals surface area contributed by atoms with Gasteiger partial charge in [-0.05, 0) is 37.0 Å². The summed E-state index contributed by atoms with van der Waals surface area (Å²) >= 11 is 0. The predicted molar refractivity (Wildman–Crippen MR) is 84.1 cm³/mol. The van der Waals surface area contributed by atoms with Gasteiger partial charge in [-0.3, -0.25) is 4.79 Å². The van der Waals surface area contributed by atoms with Crippen molar-refractivity contribution in [3.05, 3.63) is 59.2 Å². The molecule has 2 aliphatic rings. The molecular formula is C18H16F3N3O. The minimum Gasteiger partial charge on any atom is -0.347 e. The van der Waals surface area contributed by atoms with E-state index in [9.17, 15) is 18.0 Å². The summed E-state index contributed by atoms with van der Waals surface area (Å²) < 4.78 is 38.4. The first-order chi connectivity index (χ1) is 11.9. The number of nitrogens with zero attached hydrogens (tertiary/aromatic N) is 2. The first-order valence-electron chi connectivity index (χ1n) is 8.23. The number of halogens is 3. The highest BCUT2D eigenvalue weighted by Gasteiger charge is 2.41. The van der Waals surface area contributed by atoms with E-state index in [1.54, 1.807) is 18.3 Å². The van der Waals surface area contributed by atoms with Crippen molar-refractivity contribution in [1.29, 1.82) is 0 Å². The van der Waals surface area contributed by atoms with Gasteiger partial charge < -0.3 is 5.32 Å². The number of hydrogen-bond acceptors (Lipinski definition) is 3. The third kappa shape index (κ3) is 3.50. The van der Waals surface area contributed by atoms with E-state index >= 15 is 0 Å². The molecule has 0 radical (unpaired) electrons. The summed E-state index contributed by atoms with van der Waals surface area (Å²) in [6, 6.07) is 6.69. The van der Waals surface area contributed by atoms with Crippen molar-refractivity contribution in [2.45, 2.75) is 43.3 Å². The number of alkyl halides is 3. The largest absolute Gasteiger partial charge is 0.416 e. The maximum atomic E-state index is 12.8. The van der Waals surface area contributed by atoms with Gasteiger partial charge >= 0.3 is 6.18 Å². The minimum absolute atomic E-state index is 0.0870. The van der Waals surface area contributed by atoms with E-state index in [1.165, 1.54) is 6.07 Å². The molecule has 2 fully saturated rings. The number of carbonyl (C=O) groups is 1. The van der Waals surface area contributed by atoms with E-state index in [2.05, 4.69) is 15.3 Å². The van der Waals surface area contributed by atoms with Crippen LogP contribution in [0.2, 0.25) is 0 Å². The lowest BCUT2D eigenvalue weighted by molar-refractivity contribution is -0.137. The molecule has 2 aromatic rings. The average molecular weight is 347 g/mol. The Bertz CT molecular complexity index is 817. The number of amides is 1. The summed E-state index contributed by atoms with van der Waals surface area (Å²) in [5, 5.41) is 2.85. The molecule has 1 aromatic carbocycles. The monoisotopic (exact) mass is 347 g/mol. The molecular weight excluding hydrogens is 331 g/mol. The van der Waals surface area contributed by atoms with E-state index in [1.807, 2.05) is 0 Å². The van der Waals surface area contributed by atoms with Crippen molar-refractivity contribution in [2.75, 3.05) is 0 Å². The molecule has 2 aliphatic carbocycles. The number of nitrogens with one attached hydrogen (secondary N) is 1. The van der Waals surface area contributed by atoms with Crippen LogP contribution >= 0.6 is 0 Å². The second kappa shape index (κ2) is 5.82. The average Bonchev–Trinajstić information content (AvgIpc) is 3.49. The highest BCUT2D eigenvalue weighted by molar-refractivity contribution is 5.92. The number of benzene rings is 1. The maximum absolute atomic E-state index is 12.8. The van der Waals surface area contributed by atoms with Crippen LogP contribution < -0.4 is 5.32 Å². The number of aromatic nitrogens is 2. The molecule has 25 heavy (non-hydrogen) atoms. The topological polar surface area (TPSA) is 54.9 Å². The van der Waals surface area contributed by atoms with Gasteiger partial charge in [0.2, 0.25) is 0 Å². The van der Waals surface area contributed by atoms with Gasteiger partial charge in [0.25, 0.3) is 5.91 Å². The lowest BCUT2D eigenvalue weighted by Crippen LogP contribution is -2.27. The molecule has 0 spiro atoms. The smallest absolute Gasteiger partial charge is 0.347 e. The van der Waals surface area contributed by atoms with E-state index in [0.717, 1.165) is 25.0 Å². The Morgan fingerprint density at radius 2 is 2.00 bits per heavy atom. The van der Waals surface area contributed by atoms with E-state index in [0.29, 0.717) is 29.4 Å². The summed E-state index contributed by atoms with van der Waals surface area (Å²) in [6.45, 7) is 0. The second-order valence-corrected chi connectivity index (χ2v) is 6.62. The van der Waals surface area contributed by atoms with Crippen molar-refractivity contribution in [3.8, 4) is 0 Å². The molecule has 7 heteroatoms. The normalized spacial score (nSPS) is 22.5. The van der Waals surface area contributed by atoms with Gasteiger partial charge in [-0.1, -0.05) is 18.2 Å². The lowest BCUT2D eigenvalue weighted by atomic mass is 10.1. The Labute approximate surface area is 142 Å². The molecule has 1 N–H and O–H groups in total. The van der Waals surface area contributed by atoms with Crippen molar-refractivity contribution in [1.82, 2.24) is 15.3 Å². The molecule has 0 aliphatic heterocycles. The fourth-order valence-corrected chi connectivity index (χ4v) is 2.95. The predicted octanol–water partition coefficient (Wildman–Crippen LogP) is 3.66. The zero-order valence-corrected chi connectivity index (χ0v) is 13.3. The van der Waals surface area contributed by atoms with Gasteiger partial charge in [0.1, 0.15) is 11.5 Å².